The third kappa shape index (κ3) is 5.88. The maximum atomic E-state index is 11.7. The number of allylic oxidation sites excluding steroid dienone is 4. The lowest BCUT2D eigenvalue weighted by atomic mass is 9.98. The minimum absolute atomic E-state index is 0.0262. The Kier molecular flexibility index (Phi) is 8.46. The summed E-state index contributed by atoms with van der Waals surface area (Å²) in [5.41, 5.74) is 11.9. The van der Waals surface area contributed by atoms with Gasteiger partial charge in [-0.25, -0.2) is 10.8 Å². The fourth-order valence-electron chi connectivity index (χ4n) is 5.25. The van der Waals surface area contributed by atoms with Crippen LogP contribution in [0.4, 0.5) is 11.4 Å². The van der Waals surface area contributed by atoms with Crippen LogP contribution in [-0.4, -0.2) is 40.5 Å². The number of carbonyl (C=O) groups excluding carboxylic acids is 1. The number of aromatic nitrogens is 2. The van der Waals surface area contributed by atoms with Crippen LogP contribution in [0.15, 0.2) is 76.7 Å². The Bertz CT molecular complexity index is 1510. The molecule has 208 valence electrons. The average Bonchev–Trinajstić information content (AvgIpc) is 3.52. The zero-order valence-electron chi connectivity index (χ0n) is 22.2. The van der Waals surface area contributed by atoms with E-state index in [9.17, 15) is 4.79 Å². The number of hydrogen-bond donors (Lipinski definition) is 4. The van der Waals surface area contributed by atoms with Crippen LogP contribution < -0.4 is 21.9 Å². The van der Waals surface area contributed by atoms with Crippen molar-refractivity contribution < 1.29 is 4.79 Å². The molecule has 0 saturated carbocycles. The molecule has 0 radical (unpaired) electrons. The number of benzene rings is 2. The highest BCUT2D eigenvalue weighted by molar-refractivity contribution is 7.99. The standard InChI is InChI=1S/C29H31Cl2N7OS/c1-17-11-26(29-35-15-23(36-29)19-3-5-22-27(13-19)40-10-8-34-22)37(2)25(17)12-18(7-9-39)21-14-20(30)4-6-24(21)38(33)16-28(31)32/h3-7,9,12-17,26,34H,8,10-11,32-33H2,1-2H3,(H,35,36)/b18-7+,25-12-,28-16-/t17-,26?/m1/s1. The summed E-state index contributed by atoms with van der Waals surface area (Å²) in [7, 11) is 2.05. The zero-order valence-corrected chi connectivity index (χ0v) is 24.5. The van der Waals surface area contributed by atoms with Gasteiger partial charge in [-0.15, -0.1) is 11.8 Å². The number of aromatic amines is 1. The molecular formula is C29H31Cl2N7OS. The number of aldehydes is 1. The predicted octanol–water partition coefficient (Wildman–Crippen LogP) is 6.10. The number of nitrogens with two attached hydrogens (primary N) is 2. The van der Waals surface area contributed by atoms with Crippen LogP contribution in [0.3, 0.4) is 0 Å². The maximum absolute atomic E-state index is 11.7. The molecule has 1 unspecified atom stereocenters. The molecule has 3 aromatic rings. The van der Waals surface area contributed by atoms with Gasteiger partial charge in [0.2, 0.25) is 0 Å². The Morgan fingerprint density at radius 3 is 2.88 bits per heavy atom. The number of thioether (sulfide) groups is 1. The Labute approximate surface area is 248 Å². The van der Waals surface area contributed by atoms with Crippen molar-refractivity contribution in [3.05, 3.63) is 88.2 Å². The number of nitrogens with one attached hydrogen (secondary N) is 2. The number of likely N-dealkylation sites (tertiary alicyclic amines) is 1. The quantitative estimate of drug-likeness (QED) is 0.0850. The number of fused-ring (bicyclic) bond motifs is 1. The van der Waals surface area contributed by atoms with Crippen LogP contribution in [0.25, 0.3) is 16.8 Å². The SMILES string of the molecule is C[C@@H]1CC(c2ncc(-c3ccc4c(c3)SCCN4)[nH]2)N(C)/C1=C\C(=C/C=O)c1cc(Cl)ccc1N(N)/C=C(\N)Cl. The molecule has 1 saturated heterocycles. The van der Waals surface area contributed by atoms with Gasteiger partial charge in [0.25, 0.3) is 0 Å². The topological polar surface area (TPSA) is 116 Å². The summed E-state index contributed by atoms with van der Waals surface area (Å²) in [6.45, 7) is 3.16. The van der Waals surface area contributed by atoms with Gasteiger partial charge >= 0.3 is 0 Å². The van der Waals surface area contributed by atoms with Crippen molar-refractivity contribution in [2.45, 2.75) is 24.3 Å². The van der Waals surface area contributed by atoms with Crippen molar-refractivity contribution in [3.8, 4) is 11.3 Å². The van der Waals surface area contributed by atoms with Crippen LogP contribution in [0.1, 0.15) is 30.8 Å². The first kappa shape index (κ1) is 28.2. The monoisotopic (exact) mass is 595 g/mol. The first-order chi connectivity index (χ1) is 19.2. The van der Waals surface area contributed by atoms with E-state index in [1.807, 2.05) is 31.1 Å². The summed E-state index contributed by atoms with van der Waals surface area (Å²) in [5.74, 6) is 8.38. The van der Waals surface area contributed by atoms with Crippen molar-refractivity contribution in [1.29, 1.82) is 0 Å². The first-order valence-corrected chi connectivity index (χ1v) is 14.6. The fraction of sp³-hybridized carbons (Fsp3) is 0.241. The molecule has 2 aliphatic heterocycles. The minimum atomic E-state index is 0.0262. The normalized spacial score (nSPS) is 20.4. The van der Waals surface area contributed by atoms with Gasteiger partial charge in [-0.2, -0.15) is 0 Å². The summed E-state index contributed by atoms with van der Waals surface area (Å²) in [6, 6.07) is 11.8. The molecule has 1 fully saturated rings. The van der Waals surface area contributed by atoms with Gasteiger partial charge in [-0.1, -0.05) is 36.2 Å². The van der Waals surface area contributed by atoms with Crippen LogP contribution in [0.5, 0.6) is 0 Å². The fourth-order valence-corrected chi connectivity index (χ4v) is 6.46. The number of imidazole rings is 1. The van der Waals surface area contributed by atoms with Crippen molar-refractivity contribution in [2.24, 2.45) is 17.5 Å². The molecule has 2 aromatic carbocycles. The van der Waals surface area contributed by atoms with Crippen LogP contribution >= 0.6 is 35.0 Å². The van der Waals surface area contributed by atoms with Gasteiger partial charge in [0.1, 0.15) is 17.3 Å². The second kappa shape index (κ2) is 12.0. The van der Waals surface area contributed by atoms with Gasteiger partial charge in [-0.05, 0) is 60.4 Å². The summed E-state index contributed by atoms with van der Waals surface area (Å²) in [5, 5.41) is 5.30. The lowest BCUT2D eigenvalue weighted by Crippen LogP contribution is -2.26. The largest absolute Gasteiger partial charge is 0.388 e. The maximum Gasteiger partial charge on any atom is 0.143 e. The summed E-state index contributed by atoms with van der Waals surface area (Å²) in [4.78, 5) is 23.5. The molecule has 1 aromatic heterocycles. The van der Waals surface area contributed by atoms with E-state index in [0.29, 0.717) is 21.8 Å². The smallest absolute Gasteiger partial charge is 0.143 e. The molecule has 0 spiro atoms. The van der Waals surface area contributed by atoms with E-state index in [1.54, 1.807) is 18.2 Å². The van der Waals surface area contributed by atoms with Gasteiger partial charge in [0.05, 0.1) is 29.8 Å². The number of carbonyl (C=O) groups is 1. The minimum Gasteiger partial charge on any atom is -0.388 e. The van der Waals surface area contributed by atoms with Crippen molar-refractivity contribution in [3.63, 3.8) is 0 Å². The first-order valence-electron chi connectivity index (χ1n) is 12.9. The average molecular weight is 597 g/mol. The van der Waals surface area contributed by atoms with E-state index in [1.165, 1.54) is 27.9 Å². The number of halogens is 2. The van der Waals surface area contributed by atoms with E-state index < -0.39 is 0 Å². The lowest BCUT2D eigenvalue weighted by molar-refractivity contribution is -0.104. The molecule has 0 amide bonds. The molecule has 8 nitrogen and oxygen atoms in total. The van der Waals surface area contributed by atoms with Gasteiger partial charge in [0, 0.05) is 51.8 Å². The molecule has 3 heterocycles. The number of H-pyrrole nitrogens is 1. The number of hydrogen-bond acceptors (Lipinski definition) is 8. The number of anilines is 2. The van der Waals surface area contributed by atoms with E-state index in [2.05, 4.69) is 40.3 Å². The molecule has 6 N–H and O–H groups in total. The van der Waals surface area contributed by atoms with Crippen molar-refractivity contribution in [2.75, 3.05) is 29.7 Å². The summed E-state index contributed by atoms with van der Waals surface area (Å²) < 4.78 is 0. The number of hydrazine groups is 1. The van der Waals surface area contributed by atoms with Crippen LogP contribution in [0, 0.1) is 5.92 Å². The Hall–Kier alpha value is -3.37. The van der Waals surface area contributed by atoms with E-state index >= 15 is 0 Å². The number of nitrogens with zero attached hydrogens (tertiary/aromatic N) is 3. The summed E-state index contributed by atoms with van der Waals surface area (Å²) >= 11 is 14.1. The Balaban J connectivity index is 1.45. The van der Waals surface area contributed by atoms with E-state index in [-0.39, 0.29) is 17.1 Å². The molecule has 0 bridgehead atoms. The molecular weight excluding hydrogens is 565 g/mol. The molecule has 2 atom stereocenters. The second-order valence-corrected chi connectivity index (χ2v) is 11.9. The van der Waals surface area contributed by atoms with Crippen molar-refractivity contribution in [1.82, 2.24) is 14.9 Å². The third-order valence-corrected chi connectivity index (χ3v) is 8.59. The van der Waals surface area contributed by atoms with E-state index in [4.69, 9.17) is 39.8 Å². The Morgan fingerprint density at radius 2 is 2.10 bits per heavy atom. The van der Waals surface area contributed by atoms with Gasteiger partial charge in [0.15, 0.2) is 0 Å². The zero-order chi connectivity index (χ0) is 28.4. The number of rotatable bonds is 7. The highest BCUT2D eigenvalue weighted by Gasteiger charge is 2.34. The lowest BCUT2D eigenvalue weighted by Gasteiger charge is -2.23. The van der Waals surface area contributed by atoms with Crippen LogP contribution in [0.2, 0.25) is 5.02 Å². The Morgan fingerprint density at radius 1 is 1.27 bits per heavy atom. The van der Waals surface area contributed by atoms with Gasteiger partial charge < -0.3 is 20.9 Å². The predicted molar refractivity (Wildman–Crippen MR) is 166 cm³/mol. The van der Waals surface area contributed by atoms with Gasteiger partial charge in [-0.3, -0.25) is 9.80 Å². The second-order valence-electron chi connectivity index (χ2n) is 9.84. The molecule has 40 heavy (non-hydrogen) atoms. The molecule has 2 aliphatic rings. The summed E-state index contributed by atoms with van der Waals surface area (Å²) in [6.07, 6.45) is 8.43. The van der Waals surface area contributed by atoms with Crippen molar-refractivity contribution >= 4 is 58.2 Å². The highest BCUT2D eigenvalue weighted by Crippen LogP contribution is 2.43. The third-order valence-electron chi connectivity index (χ3n) is 7.20. The molecule has 11 heteroatoms. The highest BCUT2D eigenvalue weighted by atomic mass is 35.5. The molecule has 5 rings (SSSR count). The molecule has 0 aliphatic carbocycles. The van der Waals surface area contributed by atoms with E-state index in [0.717, 1.165) is 47.8 Å². The van der Waals surface area contributed by atoms with Crippen LogP contribution in [-0.2, 0) is 4.79 Å².